The Hall–Kier alpha value is -3.40. The van der Waals surface area contributed by atoms with Crippen LogP contribution in [0, 0.1) is 6.92 Å². The van der Waals surface area contributed by atoms with Crippen LogP contribution >= 0.6 is 0 Å². The number of para-hydroxylation sites is 2. The van der Waals surface area contributed by atoms with Crippen molar-refractivity contribution in [2.45, 2.75) is 20.4 Å². The third-order valence-corrected chi connectivity index (χ3v) is 4.85. The zero-order valence-electron chi connectivity index (χ0n) is 15.5. The first-order valence-corrected chi connectivity index (χ1v) is 9.15. The lowest BCUT2D eigenvalue weighted by Gasteiger charge is -2.05. The Balaban J connectivity index is 1.80. The monoisotopic (exact) mass is 356 g/mol. The summed E-state index contributed by atoms with van der Waals surface area (Å²) >= 11 is 0. The van der Waals surface area contributed by atoms with Crippen molar-refractivity contribution in [3.8, 4) is 5.69 Å². The van der Waals surface area contributed by atoms with E-state index in [9.17, 15) is 4.79 Å². The lowest BCUT2D eigenvalue weighted by molar-refractivity contribution is -0.674. The van der Waals surface area contributed by atoms with E-state index in [2.05, 4.69) is 40.4 Å². The number of carbonyl (C=O) groups excluding carboxylic acids is 1. The number of aromatic nitrogens is 2. The first kappa shape index (κ1) is 17.0. The van der Waals surface area contributed by atoms with Gasteiger partial charge in [0.25, 0.3) is 11.7 Å². The fourth-order valence-corrected chi connectivity index (χ4v) is 3.57. The van der Waals surface area contributed by atoms with Crippen LogP contribution in [0.25, 0.3) is 16.7 Å². The number of benzene rings is 3. The zero-order valence-corrected chi connectivity index (χ0v) is 15.5. The van der Waals surface area contributed by atoms with E-state index in [0.717, 1.165) is 34.8 Å². The van der Waals surface area contributed by atoms with Crippen molar-refractivity contribution in [2.75, 3.05) is 5.32 Å². The summed E-state index contributed by atoms with van der Waals surface area (Å²) in [4.78, 5) is 12.7. The van der Waals surface area contributed by atoms with Gasteiger partial charge in [-0.05, 0) is 43.3 Å². The van der Waals surface area contributed by atoms with Crippen LogP contribution in [0.1, 0.15) is 23.1 Å². The molecule has 27 heavy (non-hydrogen) atoms. The number of fused-ring (bicyclic) bond motifs is 1. The maximum absolute atomic E-state index is 12.7. The van der Waals surface area contributed by atoms with E-state index >= 15 is 0 Å². The minimum absolute atomic E-state index is 0.101. The minimum Gasteiger partial charge on any atom is -0.322 e. The molecule has 0 fully saturated rings. The second kappa shape index (κ2) is 7.08. The molecule has 4 nitrogen and oxygen atoms in total. The smallest absolute Gasteiger partial charge is 0.259 e. The first-order chi connectivity index (χ1) is 13.2. The van der Waals surface area contributed by atoms with Crippen LogP contribution in [-0.4, -0.2) is 10.5 Å². The number of hydrogen-bond acceptors (Lipinski definition) is 1. The van der Waals surface area contributed by atoms with Gasteiger partial charge < -0.3 is 5.32 Å². The Kier molecular flexibility index (Phi) is 4.47. The normalized spacial score (nSPS) is 10.9. The van der Waals surface area contributed by atoms with Crippen LogP contribution in [0.5, 0.6) is 0 Å². The molecule has 0 aliphatic heterocycles. The highest BCUT2D eigenvalue weighted by atomic mass is 16.1. The molecule has 4 rings (SSSR count). The average Bonchev–Trinajstić information content (AvgIpc) is 2.99. The molecule has 0 saturated heterocycles. The fraction of sp³-hybridized carbons (Fsp3) is 0.130. The Morgan fingerprint density at radius 2 is 1.63 bits per heavy atom. The van der Waals surface area contributed by atoms with Crippen LogP contribution in [0.3, 0.4) is 0 Å². The maximum atomic E-state index is 12.7. The molecule has 0 atom stereocenters. The summed E-state index contributed by atoms with van der Waals surface area (Å²) in [6, 6.07) is 25.7. The topological polar surface area (TPSA) is 37.9 Å². The largest absolute Gasteiger partial charge is 0.322 e. The van der Waals surface area contributed by atoms with E-state index < -0.39 is 0 Å². The zero-order chi connectivity index (χ0) is 18.8. The predicted octanol–water partition coefficient (Wildman–Crippen LogP) is 4.50. The predicted molar refractivity (Wildman–Crippen MR) is 108 cm³/mol. The van der Waals surface area contributed by atoms with Gasteiger partial charge in [0, 0.05) is 24.2 Å². The number of carbonyl (C=O) groups is 1. The van der Waals surface area contributed by atoms with Crippen molar-refractivity contribution < 1.29 is 9.36 Å². The van der Waals surface area contributed by atoms with E-state index in [4.69, 9.17) is 0 Å². The molecule has 1 heterocycles. The van der Waals surface area contributed by atoms with Crippen LogP contribution in [0.15, 0.2) is 78.9 Å². The number of rotatable bonds is 4. The van der Waals surface area contributed by atoms with Gasteiger partial charge in [-0.3, -0.25) is 4.79 Å². The third-order valence-electron chi connectivity index (χ3n) is 4.85. The van der Waals surface area contributed by atoms with E-state index in [1.165, 1.54) is 0 Å². The molecule has 1 N–H and O–H groups in total. The molecule has 0 saturated carbocycles. The molecule has 134 valence electrons. The highest BCUT2D eigenvalue weighted by molar-refractivity contribution is 6.05. The highest BCUT2D eigenvalue weighted by Gasteiger charge is 2.23. The van der Waals surface area contributed by atoms with Gasteiger partial charge in [0.15, 0.2) is 11.0 Å². The second-order valence-corrected chi connectivity index (χ2v) is 6.49. The third kappa shape index (κ3) is 3.10. The molecule has 1 amide bonds. The van der Waals surface area contributed by atoms with Gasteiger partial charge in [-0.25, -0.2) is 4.57 Å². The Bertz CT molecular complexity index is 1100. The number of nitrogens with one attached hydrogen (secondary N) is 1. The number of imidazole rings is 1. The summed E-state index contributed by atoms with van der Waals surface area (Å²) in [5, 5.41) is 2.96. The van der Waals surface area contributed by atoms with Crippen molar-refractivity contribution in [2.24, 2.45) is 0 Å². The molecule has 4 aromatic rings. The van der Waals surface area contributed by atoms with Crippen LogP contribution in [0.2, 0.25) is 0 Å². The van der Waals surface area contributed by atoms with Gasteiger partial charge in [0.2, 0.25) is 0 Å². The molecular formula is C23H22N3O+. The van der Waals surface area contributed by atoms with Gasteiger partial charge in [0.05, 0.1) is 6.54 Å². The molecule has 0 radical (unpaired) electrons. The van der Waals surface area contributed by atoms with Crippen LogP contribution < -0.4 is 9.88 Å². The van der Waals surface area contributed by atoms with Crippen molar-refractivity contribution in [3.05, 3.63) is 90.3 Å². The Morgan fingerprint density at radius 3 is 2.30 bits per heavy atom. The van der Waals surface area contributed by atoms with E-state index in [1.807, 2.05) is 66.7 Å². The molecule has 0 aliphatic rings. The highest BCUT2D eigenvalue weighted by Crippen LogP contribution is 2.22. The number of nitrogens with zero attached hydrogens (tertiary/aromatic N) is 2. The molecule has 0 spiro atoms. The molecule has 3 aromatic carbocycles. The van der Waals surface area contributed by atoms with Gasteiger partial charge in [-0.1, -0.05) is 36.4 Å². The SMILES string of the molecule is CC[n+]1c(C)n(-c2ccccc2)c2ccc(C(=O)Nc3ccccc3)cc21. The molecule has 0 aliphatic carbocycles. The lowest BCUT2D eigenvalue weighted by Crippen LogP contribution is -2.35. The average molecular weight is 356 g/mol. The number of aryl methyl sites for hydroxylation is 1. The van der Waals surface area contributed by atoms with Crippen molar-refractivity contribution >= 4 is 22.6 Å². The number of hydrogen-bond donors (Lipinski definition) is 1. The summed E-state index contributed by atoms with van der Waals surface area (Å²) in [6.07, 6.45) is 0. The van der Waals surface area contributed by atoms with Crippen molar-refractivity contribution in [3.63, 3.8) is 0 Å². The Labute approximate surface area is 158 Å². The summed E-state index contributed by atoms with van der Waals surface area (Å²) < 4.78 is 4.47. The summed E-state index contributed by atoms with van der Waals surface area (Å²) in [6.45, 7) is 5.07. The second-order valence-electron chi connectivity index (χ2n) is 6.49. The van der Waals surface area contributed by atoms with E-state index in [-0.39, 0.29) is 5.91 Å². The summed E-state index contributed by atoms with van der Waals surface area (Å²) in [5.74, 6) is 1.04. The fourth-order valence-electron chi connectivity index (χ4n) is 3.57. The first-order valence-electron chi connectivity index (χ1n) is 9.15. The van der Waals surface area contributed by atoms with Crippen molar-refractivity contribution in [1.29, 1.82) is 0 Å². The van der Waals surface area contributed by atoms with E-state index in [1.54, 1.807) is 0 Å². The van der Waals surface area contributed by atoms with Gasteiger partial charge in [0.1, 0.15) is 5.69 Å². The molecule has 4 heteroatoms. The quantitative estimate of drug-likeness (QED) is 0.537. The summed E-state index contributed by atoms with van der Waals surface area (Å²) in [7, 11) is 0. The minimum atomic E-state index is -0.101. The van der Waals surface area contributed by atoms with Crippen LogP contribution in [0.4, 0.5) is 5.69 Å². The Morgan fingerprint density at radius 1 is 0.963 bits per heavy atom. The molecule has 0 unspecified atom stereocenters. The summed E-state index contributed by atoms with van der Waals surface area (Å²) in [5.41, 5.74) is 4.72. The number of amides is 1. The van der Waals surface area contributed by atoms with Crippen molar-refractivity contribution in [1.82, 2.24) is 4.57 Å². The van der Waals surface area contributed by atoms with Gasteiger partial charge in [-0.2, -0.15) is 4.57 Å². The molecular weight excluding hydrogens is 334 g/mol. The maximum Gasteiger partial charge on any atom is 0.259 e. The van der Waals surface area contributed by atoms with Crippen LogP contribution in [-0.2, 0) is 6.54 Å². The number of anilines is 1. The van der Waals surface area contributed by atoms with Gasteiger partial charge in [-0.15, -0.1) is 0 Å². The molecule has 1 aromatic heterocycles. The molecule has 0 bridgehead atoms. The standard InChI is InChI=1S/C23H21N3O/c1-3-25-17(2)26(20-12-8-5-9-13-20)21-15-14-18(16-22(21)25)23(27)24-19-10-6-4-7-11-19/h4-16H,3H2,1-2H3/p+1. The lowest BCUT2D eigenvalue weighted by atomic mass is 10.1. The van der Waals surface area contributed by atoms with E-state index in [0.29, 0.717) is 5.56 Å². The van der Waals surface area contributed by atoms with Gasteiger partial charge >= 0.3 is 0 Å².